The van der Waals surface area contributed by atoms with Gasteiger partial charge in [0.05, 0.1) is 0 Å². The lowest BCUT2D eigenvalue weighted by atomic mass is 9.86. The summed E-state index contributed by atoms with van der Waals surface area (Å²) in [5.74, 6) is -1.90. The molecule has 2 fully saturated rings. The van der Waals surface area contributed by atoms with Crippen molar-refractivity contribution in [3.8, 4) is 0 Å². The van der Waals surface area contributed by atoms with Crippen molar-refractivity contribution in [3.63, 3.8) is 0 Å². The van der Waals surface area contributed by atoms with Crippen LogP contribution in [0.5, 0.6) is 0 Å². The van der Waals surface area contributed by atoms with Gasteiger partial charge in [-0.2, -0.15) is 0 Å². The first kappa shape index (κ1) is 25.0. The molecule has 0 unspecified atom stereocenters. The number of benzene rings is 2. The van der Waals surface area contributed by atoms with Crippen LogP contribution >= 0.6 is 23.2 Å². The minimum absolute atomic E-state index is 0.0262. The van der Waals surface area contributed by atoms with E-state index in [4.69, 9.17) is 32.7 Å². The van der Waals surface area contributed by atoms with E-state index >= 15 is 0 Å². The summed E-state index contributed by atoms with van der Waals surface area (Å²) < 4.78 is 11.4. The Morgan fingerprint density at radius 3 is 1.59 bits per heavy atom. The Balaban J connectivity index is 1.37. The summed E-state index contributed by atoms with van der Waals surface area (Å²) in [6.45, 7) is 5.03. The molecule has 0 amide bonds. The van der Waals surface area contributed by atoms with E-state index in [1.807, 2.05) is 62.4 Å². The topological polar surface area (TPSA) is 76.7 Å². The zero-order chi connectivity index (χ0) is 24.3. The second-order valence-corrected chi connectivity index (χ2v) is 10.6. The summed E-state index contributed by atoms with van der Waals surface area (Å²) in [7, 11) is 0. The van der Waals surface area contributed by atoms with E-state index in [0.717, 1.165) is 11.1 Å². The molecule has 0 spiro atoms. The molecule has 2 aliphatic heterocycles. The number of halogens is 2. The van der Waals surface area contributed by atoms with Crippen molar-refractivity contribution in [1.29, 1.82) is 0 Å². The molecule has 0 aromatic heterocycles. The van der Waals surface area contributed by atoms with Crippen LogP contribution in [0, 0.1) is 0 Å². The number of rotatable bonds is 4. The predicted octanol–water partition coefficient (Wildman–Crippen LogP) is 5.15. The average Bonchev–Trinajstić information content (AvgIpc) is 2.78. The summed E-state index contributed by atoms with van der Waals surface area (Å²) in [5, 5.41) is 8.17. The van der Waals surface area contributed by atoms with Crippen LogP contribution in [0.4, 0.5) is 0 Å². The van der Waals surface area contributed by atoms with Crippen molar-refractivity contribution >= 4 is 35.1 Å². The van der Waals surface area contributed by atoms with Crippen LogP contribution in [-0.4, -0.2) is 36.2 Å². The first-order valence-electron chi connectivity index (χ1n) is 11.6. The highest BCUT2D eigenvalue weighted by molar-refractivity contribution is 6.31. The summed E-state index contributed by atoms with van der Waals surface area (Å²) >= 11 is 12.3. The summed E-state index contributed by atoms with van der Waals surface area (Å²) in [6.07, 6.45) is 2.26. The number of ether oxygens (including phenoxy) is 2. The van der Waals surface area contributed by atoms with Gasteiger partial charge in [0.2, 0.25) is 0 Å². The highest BCUT2D eigenvalue weighted by Gasteiger charge is 2.41. The van der Waals surface area contributed by atoms with Gasteiger partial charge in [0.1, 0.15) is 11.2 Å². The monoisotopic (exact) mass is 504 g/mol. The maximum atomic E-state index is 12.8. The standard InChI is InChI=1S/C26H30Cl2N2O4/c1-25(9-11-29-21(15-25)17-5-3-7-19(27)13-17)33-23(31)24(32)34-26(2)10-12-30-22(16-26)18-6-4-8-20(28)14-18/h3-8,13-14,21-22,29-30H,9-12,15-16H2,1-2H3/t21-,22-,25+,26+/m1/s1. The van der Waals surface area contributed by atoms with E-state index in [0.29, 0.717) is 48.8 Å². The molecule has 0 bridgehead atoms. The van der Waals surface area contributed by atoms with Crippen LogP contribution in [0.25, 0.3) is 0 Å². The molecule has 0 radical (unpaired) electrons. The number of carbonyl (C=O) groups excluding carboxylic acids is 2. The summed E-state index contributed by atoms with van der Waals surface area (Å²) in [5.41, 5.74) is 0.469. The minimum atomic E-state index is -0.951. The highest BCUT2D eigenvalue weighted by Crippen LogP contribution is 2.36. The van der Waals surface area contributed by atoms with Crippen molar-refractivity contribution in [2.75, 3.05) is 13.1 Å². The lowest BCUT2D eigenvalue weighted by Crippen LogP contribution is -2.48. The molecule has 2 N–H and O–H groups in total. The number of nitrogens with one attached hydrogen (secondary N) is 2. The second-order valence-electron chi connectivity index (χ2n) is 9.71. The maximum Gasteiger partial charge on any atom is 0.418 e. The third-order valence-electron chi connectivity index (χ3n) is 6.71. The molecular formula is C26H30Cl2N2O4. The summed E-state index contributed by atoms with van der Waals surface area (Å²) in [6, 6.07) is 15.1. The Kier molecular flexibility index (Phi) is 7.53. The van der Waals surface area contributed by atoms with Gasteiger partial charge in [0.25, 0.3) is 0 Å². The van der Waals surface area contributed by atoms with Crippen molar-refractivity contribution in [2.24, 2.45) is 0 Å². The number of esters is 2. The third kappa shape index (κ3) is 6.11. The van der Waals surface area contributed by atoms with Gasteiger partial charge in [-0.25, -0.2) is 9.59 Å². The Labute approximate surface area is 210 Å². The van der Waals surface area contributed by atoms with Gasteiger partial charge in [-0.1, -0.05) is 47.5 Å². The van der Waals surface area contributed by atoms with Gasteiger partial charge in [0.15, 0.2) is 0 Å². The van der Waals surface area contributed by atoms with Gasteiger partial charge >= 0.3 is 11.9 Å². The van der Waals surface area contributed by atoms with Crippen LogP contribution in [-0.2, 0) is 19.1 Å². The first-order chi connectivity index (χ1) is 16.1. The van der Waals surface area contributed by atoms with E-state index in [1.165, 1.54) is 0 Å². The smallest absolute Gasteiger partial charge is 0.418 e. The Morgan fingerprint density at radius 2 is 1.21 bits per heavy atom. The van der Waals surface area contributed by atoms with Crippen LogP contribution in [0.15, 0.2) is 48.5 Å². The fourth-order valence-electron chi connectivity index (χ4n) is 4.87. The summed E-state index contributed by atoms with van der Waals surface area (Å²) in [4.78, 5) is 25.5. The van der Waals surface area contributed by atoms with E-state index in [1.54, 1.807) is 0 Å². The SMILES string of the molecule is C[C@]1(OC(=O)C(=O)O[C@@]2(C)CCN[C@@H](c3cccc(Cl)c3)C2)CCN[C@@H](c2cccc(Cl)c2)C1. The van der Waals surface area contributed by atoms with E-state index in [9.17, 15) is 9.59 Å². The molecule has 8 heteroatoms. The number of carbonyl (C=O) groups is 2. The van der Waals surface area contributed by atoms with Gasteiger partial charge in [-0.05, 0) is 75.2 Å². The molecule has 0 aliphatic carbocycles. The normalized spacial score (nSPS) is 29.3. The van der Waals surface area contributed by atoms with E-state index < -0.39 is 23.1 Å². The van der Waals surface area contributed by atoms with E-state index in [2.05, 4.69) is 10.6 Å². The zero-order valence-corrected chi connectivity index (χ0v) is 20.9. The largest absolute Gasteiger partial charge is 0.451 e. The molecule has 2 heterocycles. The maximum absolute atomic E-state index is 12.8. The molecule has 4 rings (SSSR count). The van der Waals surface area contributed by atoms with Crippen LogP contribution in [0.3, 0.4) is 0 Å². The minimum Gasteiger partial charge on any atom is -0.451 e. The molecule has 0 saturated carbocycles. The van der Waals surface area contributed by atoms with Crippen LogP contribution < -0.4 is 10.6 Å². The fourth-order valence-corrected chi connectivity index (χ4v) is 5.27. The Hall–Kier alpha value is -2.12. The number of hydrogen-bond donors (Lipinski definition) is 2. The fraction of sp³-hybridized carbons (Fsp3) is 0.462. The lowest BCUT2D eigenvalue weighted by molar-refractivity contribution is -0.188. The molecule has 6 nitrogen and oxygen atoms in total. The van der Waals surface area contributed by atoms with Crippen LogP contribution in [0.2, 0.25) is 10.0 Å². The highest BCUT2D eigenvalue weighted by atomic mass is 35.5. The lowest BCUT2D eigenvalue weighted by Gasteiger charge is -2.40. The Morgan fingerprint density at radius 1 is 0.794 bits per heavy atom. The molecule has 2 saturated heterocycles. The van der Waals surface area contributed by atoms with Crippen LogP contribution in [0.1, 0.15) is 62.7 Å². The molecule has 182 valence electrons. The van der Waals surface area contributed by atoms with Crippen molar-refractivity contribution < 1.29 is 19.1 Å². The molecule has 34 heavy (non-hydrogen) atoms. The second kappa shape index (κ2) is 10.2. The molecule has 4 atom stereocenters. The van der Waals surface area contributed by atoms with Crippen molar-refractivity contribution in [3.05, 3.63) is 69.7 Å². The zero-order valence-electron chi connectivity index (χ0n) is 19.4. The van der Waals surface area contributed by atoms with Gasteiger partial charge in [0, 0.05) is 35.0 Å². The molecule has 2 aliphatic rings. The third-order valence-corrected chi connectivity index (χ3v) is 7.18. The average molecular weight is 505 g/mol. The molecular weight excluding hydrogens is 475 g/mol. The first-order valence-corrected chi connectivity index (χ1v) is 12.3. The quantitative estimate of drug-likeness (QED) is 0.443. The van der Waals surface area contributed by atoms with Gasteiger partial charge in [-0.15, -0.1) is 0 Å². The van der Waals surface area contributed by atoms with Crippen molar-refractivity contribution in [2.45, 2.75) is 62.8 Å². The number of hydrogen-bond acceptors (Lipinski definition) is 6. The Bertz CT molecular complexity index is 981. The predicted molar refractivity (Wildman–Crippen MR) is 132 cm³/mol. The van der Waals surface area contributed by atoms with E-state index in [-0.39, 0.29) is 12.1 Å². The number of piperidine rings is 2. The van der Waals surface area contributed by atoms with Crippen molar-refractivity contribution in [1.82, 2.24) is 10.6 Å². The molecule has 2 aromatic carbocycles. The molecule has 2 aromatic rings. The van der Waals surface area contributed by atoms with Gasteiger partial charge < -0.3 is 20.1 Å². The van der Waals surface area contributed by atoms with Gasteiger partial charge in [-0.3, -0.25) is 0 Å².